The second-order valence-corrected chi connectivity index (χ2v) is 10.4. The Morgan fingerprint density at radius 1 is 0.864 bits per heavy atom. The van der Waals surface area contributed by atoms with Crippen LogP contribution < -0.4 is 5.30 Å². The molecule has 1 aromatic rings. The van der Waals surface area contributed by atoms with Crippen molar-refractivity contribution in [2.45, 2.75) is 59.3 Å². The Bertz CT molecular complexity index is 417. The Labute approximate surface area is 136 Å². The van der Waals surface area contributed by atoms with Crippen LogP contribution in [0, 0.1) is 0 Å². The molecule has 0 aliphatic heterocycles. The van der Waals surface area contributed by atoms with Crippen molar-refractivity contribution in [1.82, 2.24) is 0 Å². The van der Waals surface area contributed by atoms with Gasteiger partial charge in [-0.25, -0.2) is 4.79 Å². The lowest BCUT2D eigenvalue weighted by Gasteiger charge is -2.28. The lowest BCUT2D eigenvalue weighted by molar-refractivity contribution is 0.0697. The van der Waals surface area contributed by atoms with E-state index in [-0.39, 0.29) is 0 Å². The van der Waals surface area contributed by atoms with Crippen molar-refractivity contribution in [3.8, 4) is 0 Å². The van der Waals surface area contributed by atoms with E-state index < -0.39 is 13.2 Å². The summed E-state index contributed by atoms with van der Waals surface area (Å²) in [4.78, 5) is 11.1. The van der Waals surface area contributed by atoms with Gasteiger partial charge in [0.05, 0.1) is 29.4 Å². The average Bonchev–Trinajstić information content (AvgIpc) is 2.54. The van der Waals surface area contributed by atoms with E-state index in [1.807, 2.05) is 0 Å². The number of aromatic carboxylic acids is 1. The minimum absolute atomic E-state index is 0.406. The molecule has 0 aromatic heterocycles. The summed E-state index contributed by atoms with van der Waals surface area (Å²) in [7, 11) is -1.14. The van der Waals surface area contributed by atoms with Crippen LogP contribution in [0.2, 0.25) is 0 Å². The molecule has 0 unspecified atom stereocenters. The maximum atomic E-state index is 11.1. The number of benzene rings is 1. The second kappa shape index (κ2) is 10.0. The number of hydrogen-bond acceptors (Lipinski definition) is 1. The molecule has 1 N–H and O–H groups in total. The molecule has 0 aliphatic carbocycles. The van der Waals surface area contributed by atoms with Crippen LogP contribution in [0.1, 0.15) is 69.7 Å². The van der Waals surface area contributed by atoms with Gasteiger partial charge in [0.1, 0.15) is 0 Å². The molecule has 3 heteroatoms. The third-order valence-corrected chi connectivity index (χ3v) is 9.39. The molecule has 0 radical (unpaired) electrons. The summed E-state index contributed by atoms with van der Waals surface area (Å²) in [5.41, 5.74) is 0.406. The summed E-state index contributed by atoms with van der Waals surface area (Å²) in [5.74, 6) is -0.828. The van der Waals surface area contributed by atoms with Crippen molar-refractivity contribution in [2.24, 2.45) is 0 Å². The molecule has 0 saturated heterocycles. The lowest BCUT2D eigenvalue weighted by atomic mass is 10.2. The largest absolute Gasteiger partial charge is 0.478 e. The van der Waals surface area contributed by atoms with Crippen LogP contribution in [0.15, 0.2) is 24.3 Å². The Morgan fingerprint density at radius 3 is 1.59 bits per heavy atom. The van der Waals surface area contributed by atoms with Gasteiger partial charge in [0.2, 0.25) is 0 Å². The zero-order valence-electron chi connectivity index (χ0n) is 14.5. The van der Waals surface area contributed by atoms with Gasteiger partial charge in [0.25, 0.3) is 0 Å². The highest BCUT2D eigenvalue weighted by molar-refractivity contribution is 7.82. The quantitative estimate of drug-likeness (QED) is 0.551. The first-order valence-electron chi connectivity index (χ1n) is 8.79. The minimum Gasteiger partial charge on any atom is -0.478 e. The summed E-state index contributed by atoms with van der Waals surface area (Å²) in [6, 6.07) is 7.82. The standard InChI is InChI=1S/C19H31O2P/c1-4-7-14-22(15-8-5-2,16-9-6-3)18-12-10-17(11-13-18)19(20)21/h10-13H,4-9,14-16H2,1-3H3/p+1. The highest BCUT2D eigenvalue weighted by Gasteiger charge is 2.38. The zero-order valence-corrected chi connectivity index (χ0v) is 15.4. The molecule has 0 atom stereocenters. The van der Waals surface area contributed by atoms with Gasteiger partial charge < -0.3 is 5.11 Å². The molecule has 1 aromatic carbocycles. The molecule has 124 valence electrons. The lowest BCUT2D eigenvalue weighted by Crippen LogP contribution is -2.21. The van der Waals surface area contributed by atoms with Crippen molar-refractivity contribution in [1.29, 1.82) is 0 Å². The van der Waals surface area contributed by atoms with Gasteiger partial charge >= 0.3 is 5.97 Å². The first-order chi connectivity index (χ1) is 10.6. The number of carboxylic acid groups (broad SMARTS) is 1. The topological polar surface area (TPSA) is 37.3 Å². The van der Waals surface area contributed by atoms with Crippen molar-refractivity contribution in [3.63, 3.8) is 0 Å². The smallest absolute Gasteiger partial charge is 0.335 e. The number of unbranched alkanes of at least 4 members (excludes halogenated alkanes) is 3. The summed E-state index contributed by atoms with van der Waals surface area (Å²) in [6.07, 6.45) is 11.6. The Kier molecular flexibility index (Phi) is 8.71. The van der Waals surface area contributed by atoms with Crippen molar-refractivity contribution < 1.29 is 9.90 Å². The van der Waals surface area contributed by atoms with E-state index in [2.05, 4.69) is 32.9 Å². The molecule has 1 rings (SSSR count). The van der Waals surface area contributed by atoms with Gasteiger partial charge in [0, 0.05) is 7.26 Å². The van der Waals surface area contributed by atoms with Crippen LogP contribution in [-0.4, -0.2) is 29.6 Å². The molecule has 0 fully saturated rings. The van der Waals surface area contributed by atoms with Crippen molar-refractivity contribution in [3.05, 3.63) is 29.8 Å². The van der Waals surface area contributed by atoms with Crippen molar-refractivity contribution >= 4 is 18.5 Å². The molecule has 22 heavy (non-hydrogen) atoms. The van der Waals surface area contributed by atoms with Crippen LogP contribution in [-0.2, 0) is 0 Å². The van der Waals surface area contributed by atoms with E-state index in [1.54, 1.807) is 12.1 Å². The van der Waals surface area contributed by atoms with Crippen LogP contribution in [0.4, 0.5) is 0 Å². The van der Waals surface area contributed by atoms with E-state index in [1.165, 1.54) is 62.3 Å². The van der Waals surface area contributed by atoms with E-state index in [4.69, 9.17) is 5.11 Å². The van der Waals surface area contributed by atoms with E-state index in [0.717, 1.165) is 0 Å². The van der Waals surface area contributed by atoms with Crippen LogP contribution in [0.25, 0.3) is 0 Å². The highest BCUT2D eigenvalue weighted by Crippen LogP contribution is 2.59. The Hall–Kier alpha value is -0.880. The molecule has 0 bridgehead atoms. The first kappa shape index (κ1) is 19.2. The zero-order chi connectivity index (χ0) is 16.4. The van der Waals surface area contributed by atoms with Gasteiger partial charge in [-0.3, -0.25) is 0 Å². The third kappa shape index (κ3) is 5.39. The van der Waals surface area contributed by atoms with Gasteiger partial charge in [-0.05, 0) is 43.5 Å². The fourth-order valence-corrected chi connectivity index (χ4v) is 8.02. The molecule has 0 heterocycles. The number of carbonyl (C=O) groups is 1. The molecule has 0 aliphatic rings. The van der Waals surface area contributed by atoms with Gasteiger partial charge in [-0.2, -0.15) is 0 Å². The first-order valence-corrected chi connectivity index (χ1v) is 11.1. The van der Waals surface area contributed by atoms with Gasteiger partial charge in [0.15, 0.2) is 0 Å². The Balaban J connectivity index is 3.09. The van der Waals surface area contributed by atoms with E-state index in [0.29, 0.717) is 5.56 Å². The predicted molar refractivity (Wildman–Crippen MR) is 99.3 cm³/mol. The third-order valence-electron chi connectivity index (χ3n) is 4.48. The van der Waals surface area contributed by atoms with Gasteiger partial charge in [-0.15, -0.1) is 0 Å². The maximum Gasteiger partial charge on any atom is 0.335 e. The molecular weight excluding hydrogens is 291 g/mol. The SMILES string of the molecule is CCCC[P+](CCCC)(CCCC)c1ccc(C(=O)O)cc1. The summed E-state index contributed by atoms with van der Waals surface area (Å²) in [6.45, 7) is 6.80. The number of hydrogen-bond donors (Lipinski definition) is 1. The Morgan fingerprint density at radius 2 is 1.27 bits per heavy atom. The summed E-state index contributed by atoms with van der Waals surface area (Å²) < 4.78 is 0. The number of rotatable bonds is 11. The van der Waals surface area contributed by atoms with Crippen LogP contribution in [0.5, 0.6) is 0 Å². The summed E-state index contributed by atoms with van der Waals surface area (Å²) >= 11 is 0. The monoisotopic (exact) mass is 323 g/mol. The molecule has 0 amide bonds. The van der Waals surface area contributed by atoms with E-state index >= 15 is 0 Å². The highest BCUT2D eigenvalue weighted by atomic mass is 31.2. The molecular formula is C19H32O2P+. The van der Waals surface area contributed by atoms with Gasteiger partial charge in [-0.1, -0.05) is 40.0 Å². The van der Waals surface area contributed by atoms with E-state index in [9.17, 15) is 4.79 Å². The fourth-order valence-electron chi connectivity index (χ4n) is 3.03. The van der Waals surface area contributed by atoms with Crippen LogP contribution in [0.3, 0.4) is 0 Å². The van der Waals surface area contributed by atoms with Crippen LogP contribution >= 0.6 is 7.26 Å². The second-order valence-electron chi connectivity index (χ2n) is 6.23. The fraction of sp³-hybridized carbons (Fsp3) is 0.632. The maximum absolute atomic E-state index is 11.1. The minimum atomic E-state index is -1.14. The normalized spacial score (nSPS) is 11.6. The van der Waals surface area contributed by atoms with Crippen molar-refractivity contribution in [2.75, 3.05) is 18.5 Å². The molecule has 2 nitrogen and oxygen atoms in total. The molecule has 0 saturated carbocycles. The summed E-state index contributed by atoms with van der Waals surface area (Å²) in [5, 5.41) is 10.6. The number of carboxylic acids is 1. The average molecular weight is 323 g/mol. The predicted octanol–water partition coefficient (Wildman–Crippen LogP) is 5.43. The molecule has 0 spiro atoms.